The van der Waals surface area contributed by atoms with E-state index >= 15 is 0 Å². The van der Waals surface area contributed by atoms with Crippen LogP contribution < -0.4 is 5.32 Å². The Balaban J connectivity index is 1.54. The number of allylic oxidation sites excluding steroid dienone is 1. The van der Waals surface area contributed by atoms with Crippen LogP contribution in [-0.4, -0.2) is 47.8 Å². The number of carbonyl (C=O) groups is 2. The Bertz CT molecular complexity index is 1200. The smallest absolute Gasteiger partial charge is 0.425 e. The molecule has 1 amide bonds. The lowest BCUT2D eigenvalue weighted by Crippen LogP contribution is -2.39. The SMILES string of the molecule is Cc1cc(C(=O)O[C@H](C)C(F)(F)F)c2oc(CNC(=O)C3C=NN4C=CC=NC34)c(Cl)c2c1. The topological polar surface area (TPSA) is 96.5 Å². The van der Waals surface area contributed by atoms with E-state index in [-0.39, 0.29) is 34.4 Å². The molecule has 0 saturated heterocycles. The number of hydrogen-bond donors (Lipinski definition) is 1. The number of benzene rings is 1. The van der Waals surface area contributed by atoms with E-state index in [9.17, 15) is 22.8 Å². The van der Waals surface area contributed by atoms with Crippen LogP contribution in [0.4, 0.5) is 13.2 Å². The summed E-state index contributed by atoms with van der Waals surface area (Å²) >= 11 is 6.39. The number of halogens is 4. The summed E-state index contributed by atoms with van der Waals surface area (Å²) in [7, 11) is 0. The number of nitrogens with zero attached hydrogens (tertiary/aromatic N) is 3. The standard InChI is InChI=1S/C21H18ClF3N4O4/c1-10-6-12-16(22)15(9-27-19(30)14-8-28-29-5-3-4-26-18(14)29)33-17(12)13(7-10)20(31)32-11(2)21(23,24)25/h3-8,11,14,18H,9H2,1-2H3,(H,27,30)/t11-,14?,18?/m1/s1. The van der Waals surface area contributed by atoms with E-state index in [4.69, 9.17) is 16.0 Å². The van der Waals surface area contributed by atoms with Gasteiger partial charge < -0.3 is 14.5 Å². The Morgan fingerprint density at radius 3 is 2.85 bits per heavy atom. The van der Waals surface area contributed by atoms with Crippen molar-refractivity contribution in [2.45, 2.75) is 38.8 Å². The maximum Gasteiger partial charge on any atom is 0.425 e. The molecule has 3 heterocycles. The third-order valence-electron chi connectivity index (χ3n) is 5.15. The van der Waals surface area contributed by atoms with Crippen LogP contribution in [0.15, 0.2) is 38.9 Å². The molecule has 0 radical (unpaired) electrons. The van der Waals surface area contributed by atoms with Gasteiger partial charge in [0, 0.05) is 24.0 Å². The van der Waals surface area contributed by atoms with Crippen LogP contribution in [0.25, 0.3) is 11.0 Å². The minimum Gasteiger partial charge on any atom is -0.457 e. The van der Waals surface area contributed by atoms with E-state index in [1.54, 1.807) is 36.5 Å². The molecule has 0 saturated carbocycles. The fourth-order valence-electron chi connectivity index (χ4n) is 3.42. The van der Waals surface area contributed by atoms with Crippen LogP contribution >= 0.6 is 11.6 Å². The summed E-state index contributed by atoms with van der Waals surface area (Å²) in [5, 5.41) is 8.82. The molecular weight excluding hydrogens is 465 g/mol. The molecule has 0 spiro atoms. The number of nitrogens with one attached hydrogen (secondary N) is 1. The summed E-state index contributed by atoms with van der Waals surface area (Å²) in [6.07, 6.45) is -1.04. The fraction of sp³-hybridized carbons (Fsp3) is 0.333. The van der Waals surface area contributed by atoms with Gasteiger partial charge in [-0.2, -0.15) is 18.3 Å². The number of fused-ring (bicyclic) bond motifs is 2. The van der Waals surface area contributed by atoms with E-state index in [1.165, 1.54) is 12.3 Å². The maximum absolute atomic E-state index is 12.8. The first-order valence-electron chi connectivity index (χ1n) is 9.85. The highest BCUT2D eigenvalue weighted by atomic mass is 35.5. The third kappa shape index (κ3) is 4.45. The fourth-order valence-corrected chi connectivity index (χ4v) is 3.67. The van der Waals surface area contributed by atoms with Crippen molar-refractivity contribution in [3.8, 4) is 0 Å². The number of carbonyl (C=O) groups excluding carboxylic acids is 2. The molecule has 3 atom stereocenters. The number of rotatable bonds is 5. The Labute approximate surface area is 190 Å². The third-order valence-corrected chi connectivity index (χ3v) is 5.56. The van der Waals surface area contributed by atoms with E-state index in [0.29, 0.717) is 10.9 Å². The second-order valence-electron chi connectivity index (χ2n) is 7.56. The summed E-state index contributed by atoms with van der Waals surface area (Å²) in [4.78, 5) is 29.3. The second kappa shape index (κ2) is 8.54. The molecule has 8 nitrogen and oxygen atoms in total. The number of aryl methyl sites for hydroxylation is 1. The monoisotopic (exact) mass is 482 g/mol. The highest BCUT2D eigenvalue weighted by Crippen LogP contribution is 2.35. The Morgan fingerprint density at radius 1 is 1.36 bits per heavy atom. The molecule has 2 aliphatic rings. The van der Waals surface area contributed by atoms with Gasteiger partial charge in [0.25, 0.3) is 0 Å². The van der Waals surface area contributed by atoms with Crippen LogP contribution in [-0.2, 0) is 16.1 Å². The lowest BCUT2D eigenvalue weighted by Gasteiger charge is -2.22. The zero-order valence-corrected chi connectivity index (χ0v) is 18.1. The van der Waals surface area contributed by atoms with Crippen molar-refractivity contribution in [2.24, 2.45) is 16.0 Å². The summed E-state index contributed by atoms with van der Waals surface area (Å²) in [6.45, 7) is 2.27. The molecule has 0 aliphatic carbocycles. The quantitative estimate of drug-likeness (QED) is 0.651. The molecule has 1 aromatic carbocycles. The molecular formula is C21H18ClF3N4O4. The normalized spacial score (nSPS) is 20.2. The molecule has 0 bridgehead atoms. The van der Waals surface area contributed by atoms with Gasteiger partial charge in [-0.15, -0.1) is 0 Å². The summed E-state index contributed by atoms with van der Waals surface area (Å²) < 4.78 is 48.7. The average molecular weight is 483 g/mol. The first-order chi connectivity index (χ1) is 15.6. The zero-order chi connectivity index (χ0) is 23.9. The van der Waals surface area contributed by atoms with Gasteiger partial charge in [-0.25, -0.2) is 9.80 Å². The van der Waals surface area contributed by atoms with E-state index in [1.807, 2.05) is 0 Å². The second-order valence-corrected chi connectivity index (χ2v) is 7.94. The van der Waals surface area contributed by atoms with E-state index in [2.05, 4.69) is 20.1 Å². The molecule has 174 valence electrons. The number of alkyl halides is 3. The molecule has 2 aromatic rings. The van der Waals surface area contributed by atoms with Gasteiger partial charge in [-0.1, -0.05) is 11.6 Å². The van der Waals surface area contributed by atoms with Crippen molar-refractivity contribution in [3.05, 3.63) is 46.3 Å². The molecule has 2 aliphatic heterocycles. The van der Waals surface area contributed by atoms with Crippen LogP contribution in [0.3, 0.4) is 0 Å². The van der Waals surface area contributed by atoms with Crippen LogP contribution in [0.1, 0.15) is 28.6 Å². The van der Waals surface area contributed by atoms with Crippen LogP contribution in [0.5, 0.6) is 0 Å². The highest BCUT2D eigenvalue weighted by Gasteiger charge is 2.40. The number of esters is 1. The zero-order valence-electron chi connectivity index (χ0n) is 17.4. The summed E-state index contributed by atoms with van der Waals surface area (Å²) in [5.74, 6) is -2.06. The van der Waals surface area contributed by atoms with Gasteiger partial charge in [0.05, 0.1) is 11.6 Å². The largest absolute Gasteiger partial charge is 0.457 e. The molecule has 12 heteroatoms. The van der Waals surface area contributed by atoms with Crippen molar-refractivity contribution in [2.75, 3.05) is 0 Å². The van der Waals surface area contributed by atoms with Crippen LogP contribution in [0.2, 0.25) is 5.02 Å². The molecule has 1 N–H and O–H groups in total. The van der Waals surface area contributed by atoms with Gasteiger partial charge in [-0.05, 0) is 37.6 Å². The predicted octanol–water partition coefficient (Wildman–Crippen LogP) is 3.96. The van der Waals surface area contributed by atoms with Gasteiger partial charge >= 0.3 is 12.1 Å². The number of hydrazone groups is 1. The average Bonchev–Trinajstić information content (AvgIpc) is 3.32. The molecule has 1 aromatic heterocycles. The molecule has 0 fully saturated rings. The summed E-state index contributed by atoms with van der Waals surface area (Å²) in [5.41, 5.74) is 0.352. The van der Waals surface area contributed by atoms with Gasteiger partial charge in [0.1, 0.15) is 17.2 Å². The Kier molecular flexibility index (Phi) is 5.91. The number of furan rings is 1. The lowest BCUT2D eigenvalue weighted by molar-refractivity contribution is -0.198. The number of amides is 1. The summed E-state index contributed by atoms with van der Waals surface area (Å²) in [6, 6.07) is 2.98. The van der Waals surface area contributed by atoms with Gasteiger partial charge in [0.15, 0.2) is 17.9 Å². The van der Waals surface area contributed by atoms with Gasteiger partial charge in [-0.3, -0.25) is 9.79 Å². The number of ether oxygens (including phenoxy) is 1. The first kappa shape index (κ1) is 22.8. The number of aliphatic imine (C=N–C) groups is 1. The minimum absolute atomic E-state index is 0.0233. The van der Waals surface area contributed by atoms with Crippen molar-refractivity contribution >= 4 is 46.9 Å². The highest BCUT2D eigenvalue weighted by molar-refractivity contribution is 6.36. The van der Waals surface area contributed by atoms with Crippen LogP contribution in [0, 0.1) is 12.8 Å². The molecule has 2 unspecified atom stereocenters. The Hall–Kier alpha value is -3.34. The van der Waals surface area contributed by atoms with Crippen molar-refractivity contribution < 1.29 is 31.9 Å². The Morgan fingerprint density at radius 2 is 2.12 bits per heavy atom. The van der Waals surface area contributed by atoms with Crippen molar-refractivity contribution in [1.29, 1.82) is 0 Å². The molecule has 4 rings (SSSR count). The molecule has 33 heavy (non-hydrogen) atoms. The van der Waals surface area contributed by atoms with E-state index < -0.39 is 30.3 Å². The van der Waals surface area contributed by atoms with E-state index in [0.717, 1.165) is 6.92 Å². The van der Waals surface area contributed by atoms with Crippen molar-refractivity contribution in [3.63, 3.8) is 0 Å². The van der Waals surface area contributed by atoms with Gasteiger partial charge in [0.2, 0.25) is 5.91 Å². The minimum atomic E-state index is -4.70. The van der Waals surface area contributed by atoms with Crippen molar-refractivity contribution in [1.82, 2.24) is 10.3 Å². The maximum atomic E-state index is 12.8. The predicted molar refractivity (Wildman–Crippen MR) is 114 cm³/mol. The number of hydrogen-bond acceptors (Lipinski definition) is 7. The lowest BCUT2D eigenvalue weighted by atomic mass is 10.1. The first-order valence-corrected chi connectivity index (χ1v) is 10.2.